The molecule has 5 nitrogen and oxygen atoms in total. The van der Waals surface area contributed by atoms with Gasteiger partial charge < -0.3 is 9.80 Å². The highest BCUT2D eigenvalue weighted by atomic mass is 32.1. The molecule has 22 heavy (non-hydrogen) atoms. The van der Waals surface area contributed by atoms with Crippen molar-refractivity contribution in [3.8, 4) is 0 Å². The number of nitrogens with zero attached hydrogens (tertiary/aromatic N) is 5. The first-order valence-electron chi connectivity index (χ1n) is 7.87. The minimum absolute atomic E-state index is 0.457. The lowest BCUT2D eigenvalue weighted by Crippen LogP contribution is -2.43. The van der Waals surface area contributed by atoms with Crippen LogP contribution in [0.2, 0.25) is 0 Å². The highest BCUT2D eigenvalue weighted by Crippen LogP contribution is 2.29. The third-order valence-corrected chi connectivity index (χ3v) is 5.50. The Labute approximate surface area is 136 Å². The first-order chi connectivity index (χ1) is 10.6. The van der Waals surface area contributed by atoms with Gasteiger partial charge in [0, 0.05) is 38.3 Å². The second-order valence-corrected chi connectivity index (χ2v) is 7.08. The van der Waals surface area contributed by atoms with Gasteiger partial charge in [-0.2, -0.15) is 0 Å². The molecule has 0 N–H and O–H groups in total. The van der Waals surface area contributed by atoms with E-state index in [4.69, 9.17) is 0 Å². The van der Waals surface area contributed by atoms with Crippen molar-refractivity contribution < 1.29 is 0 Å². The van der Waals surface area contributed by atoms with Crippen LogP contribution in [0.4, 0.5) is 10.9 Å². The third kappa shape index (κ3) is 3.21. The van der Waals surface area contributed by atoms with Gasteiger partial charge in [0.05, 0.1) is 0 Å². The summed E-state index contributed by atoms with van der Waals surface area (Å²) in [6.45, 7) is 6.40. The Hall–Kier alpha value is -1.69. The molecule has 2 aromatic heterocycles. The average molecular weight is 317 g/mol. The van der Waals surface area contributed by atoms with E-state index in [1.54, 1.807) is 11.3 Å². The molecule has 0 aliphatic carbocycles. The average Bonchev–Trinajstić information content (AvgIpc) is 3.05. The van der Waals surface area contributed by atoms with Gasteiger partial charge in [0.25, 0.3) is 0 Å². The lowest BCUT2D eigenvalue weighted by atomic mass is 10.0. The molecule has 0 radical (unpaired) electrons. The summed E-state index contributed by atoms with van der Waals surface area (Å²) in [4.78, 5) is 9.12. The van der Waals surface area contributed by atoms with Crippen LogP contribution in [0.25, 0.3) is 0 Å². The highest BCUT2D eigenvalue weighted by Gasteiger charge is 2.25. The number of hydrogen-bond donors (Lipinski definition) is 0. The molecule has 1 aliphatic heterocycles. The molecule has 0 saturated carbocycles. The fourth-order valence-electron chi connectivity index (χ4n) is 2.78. The standard InChI is InChI=1S/C16H23N5S/c1-12(2)15-18-19-16(22-15)21-10-7-13(8-11-21)20(3)14-6-4-5-9-17-14/h4-6,9,12-13H,7-8,10-11H2,1-3H3. The Balaban J connectivity index is 1.60. The number of anilines is 2. The van der Waals surface area contributed by atoms with E-state index in [1.165, 1.54) is 0 Å². The van der Waals surface area contributed by atoms with Crippen molar-refractivity contribution in [1.82, 2.24) is 15.2 Å². The molecule has 0 atom stereocenters. The Morgan fingerprint density at radius 2 is 2.00 bits per heavy atom. The lowest BCUT2D eigenvalue weighted by molar-refractivity contribution is 0.479. The van der Waals surface area contributed by atoms with Crippen molar-refractivity contribution in [2.75, 3.05) is 29.9 Å². The summed E-state index contributed by atoms with van der Waals surface area (Å²) >= 11 is 1.73. The molecule has 0 spiro atoms. The molecular weight excluding hydrogens is 294 g/mol. The molecule has 0 aromatic carbocycles. The van der Waals surface area contributed by atoms with Crippen LogP contribution in [-0.4, -0.2) is 41.4 Å². The molecular formula is C16H23N5S. The maximum absolute atomic E-state index is 4.45. The highest BCUT2D eigenvalue weighted by molar-refractivity contribution is 7.15. The lowest BCUT2D eigenvalue weighted by Gasteiger charge is -2.37. The number of aromatic nitrogens is 3. The zero-order chi connectivity index (χ0) is 15.5. The van der Waals surface area contributed by atoms with E-state index in [1.807, 2.05) is 18.3 Å². The van der Waals surface area contributed by atoms with Gasteiger partial charge in [0.15, 0.2) is 0 Å². The van der Waals surface area contributed by atoms with Crippen LogP contribution in [0.3, 0.4) is 0 Å². The van der Waals surface area contributed by atoms with Gasteiger partial charge in [-0.15, -0.1) is 10.2 Å². The molecule has 1 fully saturated rings. The second kappa shape index (κ2) is 6.60. The van der Waals surface area contributed by atoms with Crippen molar-refractivity contribution >= 4 is 22.3 Å². The number of piperidine rings is 1. The maximum Gasteiger partial charge on any atom is 0.208 e. The molecule has 0 amide bonds. The van der Waals surface area contributed by atoms with Crippen molar-refractivity contribution in [3.05, 3.63) is 29.4 Å². The third-order valence-electron chi connectivity index (χ3n) is 4.22. The molecule has 0 bridgehead atoms. The largest absolute Gasteiger partial charge is 0.357 e. The first kappa shape index (κ1) is 15.2. The molecule has 1 aliphatic rings. The van der Waals surface area contributed by atoms with Crippen LogP contribution in [0, 0.1) is 0 Å². The van der Waals surface area contributed by atoms with Crippen molar-refractivity contribution in [3.63, 3.8) is 0 Å². The van der Waals surface area contributed by atoms with Gasteiger partial charge in [-0.3, -0.25) is 0 Å². The maximum atomic E-state index is 4.45. The van der Waals surface area contributed by atoms with Crippen LogP contribution in [0.15, 0.2) is 24.4 Å². The van der Waals surface area contributed by atoms with Crippen molar-refractivity contribution in [2.24, 2.45) is 0 Å². The number of hydrogen-bond acceptors (Lipinski definition) is 6. The van der Waals surface area contributed by atoms with E-state index in [9.17, 15) is 0 Å². The smallest absolute Gasteiger partial charge is 0.208 e. The van der Waals surface area contributed by atoms with Crippen LogP contribution in [0.5, 0.6) is 0 Å². The zero-order valence-corrected chi connectivity index (χ0v) is 14.3. The SMILES string of the molecule is CC(C)c1nnc(N2CCC(N(C)c3ccccn3)CC2)s1. The Kier molecular flexibility index (Phi) is 4.57. The number of pyridine rings is 1. The predicted molar refractivity (Wildman–Crippen MR) is 91.9 cm³/mol. The van der Waals surface area contributed by atoms with Gasteiger partial charge in [-0.05, 0) is 25.0 Å². The summed E-state index contributed by atoms with van der Waals surface area (Å²) in [5.41, 5.74) is 0. The minimum Gasteiger partial charge on any atom is -0.357 e. The van der Waals surface area contributed by atoms with E-state index in [2.05, 4.69) is 51.9 Å². The Morgan fingerprint density at radius 3 is 2.59 bits per heavy atom. The summed E-state index contributed by atoms with van der Waals surface area (Å²) in [5, 5.41) is 10.9. The summed E-state index contributed by atoms with van der Waals surface area (Å²) < 4.78 is 0. The molecule has 1 saturated heterocycles. The molecule has 6 heteroatoms. The molecule has 3 heterocycles. The zero-order valence-electron chi connectivity index (χ0n) is 13.4. The van der Waals surface area contributed by atoms with Crippen LogP contribution < -0.4 is 9.80 Å². The fraction of sp³-hybridized carbons (Fsp3) is 0.562. The quantitative estimate of drug-likeness (QED) is 0.867. The van der Waals surface area contributed by atoms with Crippen LogP contribution in [0.1, 0.15) is 37.6 Å². The van der Waals surface area contributed by atoms with Gasteiger partial charge in [-0.1, -0.05) is 31.3 Å². The van der Waals surface area contributed by atoms with Crippen LogP contribution in [-0.2, 0) is 0 Å². The van der Waals surface area contributed by atoms with Crippen LogP contribution >= 0.6 is 11.3 Å². The van der Waals surface area contributed by atoms with Gasteiger partial charge in [-0.25, -0.2) is 4.98 Å². The Bertz CT molecular complexity index is 590. The minimum atomic E-state index is 0.457. The summed E-state index contributed by atoms with van der Waals surface area (Å²) in [7, 11) is 2.14. The first-order valence-corrected chi connectivity index (χ1v) is 8.69. The second-order valence-electron chi connectivity index (χ2n) is 6.09. The van der Waals surface area contributed by atoms with Gasteiger partial charge in [0.2, 0.25) is 5.13 Å². The Morgan fingerprint density at radius 1 is 1.23 bits per heavy atom. The fourth-order valence-corrected chi connectivity index (χ4v) is 3.68. The van der Waals surface area contributed by atoms with E-state index < -0.39 is 0 Å². The van der Waals surface area contributed by atoms with E-state index >= 15 is 0 Å². The summed E-state index contributed by atoms with van der Waals surface area (Å²) in [6, 6.07) is 6.62. The number of rotatable bonds is 4. The summed E-state index contributed by atoms with van der Waals surface area (Å²) in [5.74, 6) is 1.51. The van der Waals surface area contributed by atoms with Gasteiger partial charge >= 0.3 is 0 Å². The van der Waals surface area contributed by atoms with E-state index in [0.29, 0.717) is 12.0 Å². The topological polar surface area (TPSA) is 45.2 Å². The van der Waals surface area contributed by atoms with E-state index in [-0.39, 0.29) is 0 Å². The summed E-state index contributed by atoms with van der Waals surface area (Å²) in [6.07, 6.45) is 4.11. The predicted octanol–water partition coefficient (Wildman–Crippen LogP) is 3.16. The normalized spacial score (nSPS) is 16.3. The molecule has 2 aromatic rings. The molecule has 3 rings (SSSR count). The van der Waals surface area contributed by atoms with Crippen molar-refractivity contribution in [1.29, 1.82) is 0 Å². The van der Waals surface area contributed by atoms with Gasteiger partial charge in [0.1, 0.15) is 10.8 Å². The molecule has 118 valence electrons. The van der Waals surface area contributed by atoms with Crippen molar-refractivity contribution in [2.45, 2.75) is 38.6 Å². The monoisotopic (exact) mass is 317 g/mol. The molecule has 0 unspecified atom stereocenters. The van der Waals surface area contributed by atoms with E-state index in [0.717, 1.165) is 41.9 Å².